The Bertz CT molecular complexity index is 1170. The van der Waals surface area contributed by atoms with Crippen LogP contribution >= 0.6 is 0 Å². The SMILES string of the molecule is O=C(N[C@@H](CNOC(c1ccccc1)(c1ccccc1)c1ccccc1)C(=O)O)OCc1ccccc1. The van der Waals surface area contributed by atoms with E-state index in [1.54, 1.807) is 0 Å². The van der Waals surface area contributed by atoms with Crippen LogP contribution in [0.3, 0.4) is 0 Å². The molecule has 0 aliphatic carbocycles. The van der Waals surface area contributed by atoms with Crippen LogP contribution in [0.4, 0.5) is 4.79 Å². The second kappa shape index (κ2) is 12.5. The quantitative estimate of drug-likeness (QED) is 0.202. The van der Waals surface area contributed by atoms with E-state index in [4.69, 9.17) is 9.57 Å². The Morgan fingerprint density at radius 3 is 1.57 bits per heavy atom. The van der Waals surface area contributed by atoms with Crippen LogP contribution in [0.5, 0.6) is 0 Å². The number of hydrogen-bond donors (Lipinski definition) is 3. The molecule has 0 spiro atoms. The van der Waals surface area contributed by atoms with E-state index >= 15 is 0 Å². The molecule has 7 heteroatoms. The van der Waals surface area contributed by atoms with Gasteiger partial charge in [-0.3, -0.25) is 4.84 Å². The summed E-state index contributed by atoms with van der Waals surface area (Å²) in [4.78, 5) is 30.6. The number of hydroxylamine groups is 1. The van der Waals surface area contributed by atoms with Crippen LogP contribution in [0.25, 0.3) is 0 Å². The zero-order valence-corrected chi connectivity index (χ0v) is 20.1. The van der Waals surface area contributed by atoms with E-state index in [1.807, 2.05) is 121 Å². The highest BCUT2D eigenvalue weighted by Gasteiger charge is 2.38. The molecule has 3 N–H and O–H groups in total. The van der Waals surface area contributed by atoms with Crippen LogP contribution in [0, 0.1) is 0 Å². The molecule has 7 nitrogen and oxygen atoms in total. The average molecular weight is 497 g/mol. The molecule has 4 rings (SSSR count). The minimum Gasteiger partial charge on any atom is -0.480 e. The van der Waals surface area contributed by atoms with E-state index in [0.29, 0.717) is 0 Å². The van der Waals surface area contributed by atoms with Gasteiger partial charge in [0, 0.05) is 0 Å². The number of ether oxygens (including phenoxy) is 1. The van der Waals surface area contributed by atoms with Gasteiger partial charge in [-0.1, -0.05) is 121 Å². The van der Waals surface area contributed by atoms with Crippen molar-refractivity contribution in [3.63, 3.8) is 0 Å². The number of carboxylic acids is 1. The molecular weight excluding hydrogens is 468 g/mol. The topological polar surface area (TPSA) is 96.9 Å². The Hall–Kier alpha value is -4.46. The lowest BCUT2D eigenvalue weighted by molar-refractivity contribution is -0.141. The second-order valence-electron chi connectivity index (χ2n) is 8.33. The van der Waals surface area contributed by atoms with E-state index in [9.17, 15) is 14.7 Å². The van der Waals surface area contributed by atoms with E-state index in [0.717, 1.165) is 22.3 Å². The Kier molecular flexibility index (Phi) is 8.65. The summed E-state index contributed by atoms with van der Waals surface area (Å²) in [6.07, 6.45) is -0.835. The first kappa shape index (κ1) is 25.6. The van der Waals surface area contributed by atoms with Gasteiger partial charge in [-0.05, 0) is 22.3 Å². The smallest absolute Gasteiger partial charge is 0.408 e. The van der Waals surface area contributed by atoms with Crippen molar-refractivity contribution in [3.05, 3.63) is 144 Å². The number of carbonyl (C=O) groups is 2. The highest BCUT2D eigenvalue weighted by molar-refractivity contribution is 5.80. The minimum atomic E-state index is -1.29. The van der Waals surface area contributed by atoms with Crippen molar-refractivity contribution in [2.45, 2.75) is 18.2 Å². The van der Waals surface area contributed by atoms with Gasteiger partial charge >= 0.3 is 12.1 Å². The second-order valence-corrected chi connectivity index (χ2v) is 8.33. The van der Waals surface area contributed by atoms with Crippen LogP contribution in [0.2, 0.25) is 0 Å². The first-order valence-corrected chi connectivity index (χ1v) is 11.9. The van der Waals surface area contributed by atoms with Gasteiger partial charge in [0.05, 0.1) is 6.54 Å². The van der Waals surface area contributed by atoms with Crippen molar-refractivity contribution in [1.29, 1.82) is 0 Å². The molecule has 0 fully saturated rings. The number of alkyl carbamates (subject to hydrolysis) is 1. The molecule has 0 saturated heterocycles. The number of amides is 1. The van der Waals surface area contributed by atoms with Crippen molar-refractivity contribution >= 4 is 12.1 Å². The number of benzene rings is 4. The predicted molar refractivity (Wildman–Crippen MR) is 139 cm³/mol. The van der Waals surface area contributed by atoms with Crippen LogP contribution < -0.4 is 10.8 Å². The molecule has 0 aliphatic heterocycles. The third kappa shape index (κ3) is 6.41. The van der Waals surface area contributed by atoms with Gasteiger partial charge in [0.1, 0.15) is 12.6 Å². The lowest BCUT2D eigenvalue weighted by Gasteiger charge is -2.35. The van der Waals surface area contributed by atoms with Gasteiger partial charge in [-0.15, -0.1) is 0 Å². The van der Waals surface area contributed by atoms with Crippen LogP contribution in [-0.2, 0) is 26.6 Å². The van der Waals surface area contributed by atoms with Crippen LogP contribution in [-0.4, -0.2) is 29.8 Å². The third-order valence-corrected chi connectivity index (χ3v) is 5.86. The molecular formula is C30H28N2O5. The van der Waals surface area contributed by atoms with Crippen molar-refractivity contribution in [2.75, 3.05) is 6.54 Å². The number of nitrogens with one attached hydrogen (secondary N) is 2. The first-order chi connectivity index (χ1) is 18.1. The lowest BCUT2D eigenvalue weighted by atomic mass is 9.80. The molecule has 0 unspecified atom stereocenters. The van der Waals surface area contributed by atoms with Gasteiger partial charge in [-0.2, -0.15) is 5.48 Å². The monoisotopic (exact) mass is 496 g/mol. The summed E-state index contributed by atoms with van der Waals surface area (Å²) in [6.45, 7) is -0.175. The van der Waals surface area contributed by atoms with Gasteiger partial charge < -0.3 is 15.2 Å². The number of carbonyl (C=O) groups excluding carboxylic acids is 1. The van der Waals surface area contributed by atoms with E-state index in [1.165, 1.54) is 0 Å². The minimum absolute atomic E-state index is 0.0298. The maximum absolute atomic E-state index is 12.3. The standard InChI is InChI=1S/C30H28N2O5/c33-28(34)27(32-29(35)36-22-23-13-5-1-6-14-23)21-31-37-30(24-15-7-2-8-16-24,25-17-9-3-10-18-25)26-19-11-4-12-20-26/h1-20,27,31H,21-22H2,(H,32,35)(H,33,34)/t27-/m0/s1. The summed E-state index contributed by atoms with van der Waals surface area (Å²) < 4.78 is 5.18. The summed E-state index contributed by atoms with van der Waals surface area (Å²) in [5.41, 5.74) is 5.09. The first-order valence-electron chi connectivity index (χ1n) is 11.9. The number of rotatable bonds is 11. The van der Waals surface area contributed by atoms with Crippen molar-refractivity contribution in [2.24, 2.45) is 0 Å². The van der Waals surface area contributed by atoms with Gasteiger partial charge in [-0.25, -0.2) is 9.59 Å². The predicted octanol–water partition coefficient (Wildman–Crippen LogP) is 4.88. The maximum atomic E-state index is 12.3. The van der Waals surface area contributed by atoms with Crippen LogP contribution in [0.1, 0.15) is 22.3 Å². The van der Waals surface area contributed by atoms with Crippen molar-refractivity contribution in [1.82, 2.24) is 10.8 Å². The van der Waals surface area contributed by atoms with E-state index in [2.05, 4.69) is 10.8 Å². The zero-order chi connectivity index (χ0) is 25.9. The molecule has 1 amide bonds. The van der Waals surface area contributed by atoms with Crippen molar-refractivity contribution in [3.8, 4) is 0 Å². The van der Waals surface area contributed by atoms with Crippen LogP contribution in [0.15, 0.2) is 121 Å². The summed E-state index contributed by atoms with van der Waals surface area (Å²) in [6, 6.07) is 36.9. The highest BCUT2D eigenvalue weighted by Crippen LogP contribution is 2.39. The summed E-state index contributed by atoms with van der Waals surface area (Å²) in [7, 11) is 0. The third-order valence-electron chi connectivity index (χ3n) is 5.86. The molecule has 0 aromatic heterocycles. The fourth-order valence-electron chi connectivity index (χ4n) is 4.04. The normalized spacial score (nSPS) is 11.9. The summed E-state index contributed by atoms with van der Waals surface area (Å²) in [5, 5.41) is 12.1. The highest BCUT2D eigenvalue weighted by atomic mass is 16.7. The molecule has 37 heavy (non-hydrogen) atoms. The number of hydrogen-bond acceptors (Lipinski definition) is 5. The van der Waals surface area contributed by atoms with Gasteiger partial charge in [0.25, 0.3) is 0 Å². The molecule has 188 valence electrons. The Morgan fingerprint density at radius 1 is 0.703 bits per heavy atom. The molecule has 0 radical (unpaired) electrons. The van der Waals surface area contributed by atoms with Gasteiger partial charge in [0.2, 0.25) is 0 Å². The molecule has 0 bridgehead atoms. The molecule has 1 atom stereocenters. The maximum Gasteiger partial charge on any atom is 0.408 e. The number of carboxylic acid groups (broad SMARTS) is 1. The molecule has 0 heterocycles. The summed E-state index contributed by atoms with van der Waals surface area (Å²) in [5.74, 6) is -1.22. The Balaban J connectivity index is 1.53. The molecule has 0 saturated carbocycles. The Morgan fingerprint density at radius 2 is 1.14 bits per heavy atom. The molecule has 4 aromatic carbocycles. The number of aliphatic carboxylic acids is 1. The summed E-state index contributed by atoms with van der Waals surface area (Å²) >= 11 is 0. The average Bonchev–Trinajstić information content (AvgIpc) is 2.95. The molecule has 0 aliphatic rings. The largest absolute Gasteiger partial charge is 0.480 e. The van der Waals surface area contributed by atoms with E-state index in [-0.39, 0.29) is 13.2 Å². The fraction of sp³-hybridized carbons (Fsp3) is 0.133. The zero-order valence-electron chi connectivity index (χ0n) is 20.1. The van der Waals surface area contributed by atoms with Crippen molar-refractivity contribution < 1.29 is 24.3 Å². The van der Waals surface area contributed by atoms with Gasteiger partial charge in [0.15, 0.2) is 5.60 Å². The van der Waals surface area contributed by atoms with E-state index < -0.39 is 23.7 Å². The fourth-order valence-corrected chi connectivity index (χ4v) is 4.04. The lowest BCUT2D eigenvalue weighted by Crippen LogP contribution is -2.49. The molecule has 4 aromatic rings. The Labute approximate surface area is 215 Å².